The minimum atomic E-state index is -3.69. The molecule has 0 aliphatic carbocycles. The van der Waals surface area contributed by atoms with Gasteiger partial charge in [-0.1, -0.05) is 42.5 Å². The van der Waals surface area contributed by atoms with Crippen LogP contribution in [-0.2, 0) is 26.1 Å². The van der Waals surface area contributed by atoms with Crippen molar-refractivity contribution in [3.8, 4) is 11.1 Å². The summed E-state index contributed by atoms with van der Waals surface area (Å²) >= 11 is 0. The van der Waals surface area contributed by atoms with Crippen LogP contribution < -0.4 is 5.32 Å². The van der Waals surface area contributed by atoms with Crippen LogP contribution in [0.1, 0.15) is 11.4 Å². The third kappa shape index (κ3) is 4.59. The number of rotatable bonds is 6. The number of nitrogens with one attached hydrogen (secondary N) is 1. The second-order valence-electron chi connectivity index (χ2n) is 7.67. The molecule has 0 saturated carbocycles. The van der Waals surface area contributed by atoms with Crippen molar-refractivity contribution in [2.24, 2.45) is 0 Å². The molecule has 0 atom stereocenters. The maximum absolute atomic E-state index is 13.1. The average molecular weight is 455 g/mol. The number of morpholine rings is 1. The van der Waals surface area contributed by atoms with Gasteiger partial charge in [-0.05, 0) is 37.1 Å². The lowest BCUT2D eigenvalue weighted by Gasteiger charge is -2.26. The van der Waals surface area contributed by atoms with E-state index >= 15 is 0 Å². The summed E-state index contributed by atoms with van der Waals surface area (Å²) in [7, 11) is -3.69. The predicted molar refractivity (Wildman–Crippen MR) is 122 cm³/mol. The lowest BCUT2D eigenvalue weighted by atomic mass is 10.1. The Kier molecular flexibility index (Phi) is 6.40. The highest BCUT2D eigenvalue weighted by Crippen LogP contribution is 2.25. The summed E-state index contributed by atoms with van der Waals surface area (Å²) in [6.07, 6.45) is 0. The molecule has 8 nitrogen and oxygen atoms in total. The van der Waals surface area contributed by atoms with Crippen LogP contribution >= 0.6 is 0 Å². The first kappa shape index (κ1) is 22.2. The van der Waals surface area contributed by atoms with Gasteiger partial charge in [0.05, 0.1) is 24.6 Å². The van der Waals surface area contributed by atoms with Crippen molar-refractivity contribution >= 4 is 21.6 Å². The van der Waals surface area contributed by atoms with Crippen LogP contribution in [-0.4, -0.2) is 54.7 Å². The minimum absolute atomic E-state index is 0.0776. The lowest BCUT2D eigenvalue weighted by Crippen LogP contribution is -2.41. The highest BCUT2D eigenvalue weighted by molar-refractivity contribution is 7.89. The summed E-state index contributed by atoms with van der Waals surface area (Å²) in [4.78, 5) is 12.8. The number of benzene rings is 2. The minimum Gasteiger partial charge on any atom is -0.379 e. The first-order valence-corrected chi connectivity index (χ1v) is 11.9. The molecule has 1 aliphatic rings. The van der Waals surface area contributed by atoms with Crippen LogP contribution in [0.25, 0.3) is 11.1 Å². The number of anilines is 1. The van der Waals surface area contributed by atoms with E-state index in [1.807, 2.05) is 54.6 Å². The summed E-state index contributed by atoms with van der Waals surface area (Å²) in [5.41, 5.74) is 3.65. The second-order valence-corrected chi connectivity index (χ2v) is 9.54. The highest BCUT2D eigenvalue weighted by Gasteiger charge is 2.32. The van der Waals surface area contributed by atoms with Gasteiger partial charge < -0.3 is 10.1 Å². The number of aromatic nitrogens is 2. The Balaban J connectivity index is 1.46. The molecule has 0 bridgehead atoms. The number of hydrogen-bond acceptors (Lipinski definition) is 5. The van der Waals surface area contributed by atoms with E-state index in [4.69, 9.17) is 4.74 Å². The topological polar surface area (TPSA) is 93.5 Å². The van der Waals surface area contributed by atoms with Crippen LogP contribution in [0.3, 0.4) is 0 Å². The van der Waals surface area contributed by atoms with Crippen LogP contribution in [0, 0.1) is 13.8 Å². The zero-order valence-electron chi connectivity index (χ0n) is 18.1. The highest BCUT2D eigenvalue weighted by atomic mass is 32.2. The van der Waals surface area contributed by atoms with E-state index < -0.39 is 10.0 Å². The van der Waals surface area contributed by atoms with Gasteiger partial charge in [-0.3, -0.25) is 9.48 Å². The van der Waals surface area contributed by atoms with Gasteiger partial charge in [-0.15, -0.1) is 0 Å². The Morgan fingerprint density at radius 2 is 1.62 bits per heavy atom. The van der Waals surface area contributed by atoms with E-state index in [1.165, 1.54) is 8.99 Å². The van der Waals surface area contributed by atoms with Gasteiger partial charge >= 0.3 is 0 Å². The SMILES string of the molecule is Cc1nn(CC(=O)Nc2ccc(-c3ccccc3)cc2)c(C)c1S(=O)(=O)N1CCOCC1. The Labute approximate surface area is 187 Å². The number of ether oxygens (including phenoxy) is 1. The molecule has 2 heterocycles. The van der Waals surface area contributed by atoms with E-state index in [0.29, 0.717) is 43.4 Å². The Bertz CT molecular complexity index is 1200. The molecule has 9 heteroatoms. The van der Waals surface area contributed by atoms with Gasteiger partial charge in [0.25, 0.3) is 0 Å². The first-order valence-electron chi connectivity index (χ1n) is 10.4. The van der Waals surface area contributed by atoms with Gasteiger partial charge in [0.15, 0.2) is 0 Å². The van der Waals surface area contributed by atoms with Gasteiger partial charge in [0, 0.05) is 18.8 Å². The zero-order valence-corrected chi connectivity index (χ0v) is 18.9. The number of nitrogens with zero attached hydrogens (tertiary/aromatic N) is 3. The molecule has 1 saturated heterocycles. The quantitative estimate of drug-likeness (QED) is 0.618. The van der Waals surface area contributed by atoms with Crippen molar-refractivity contribution in [3.05, 3.63) is 66.0 Å². The fraction of sp³-hybridized carbons (Fsp3) is 0.304. The second kappa shape index (κ2) is 9.23. The van der Waals surface area contributed by atoms with E-state index in [2.05, 4.69) is 10.4 Å². The summed E-state index contributed by atoms with van der Waals surface area (Å²) in [5, 5.41) is 7.18. The molecular formula is C23H26N4O4S. The van der Waals surface area contributed by atoms with Crippen LogP contribution in [0.5, 0.6) is 0 Å². The zero-order chi connectivity index (χ0) is 22.7. The Morgan fingerprint density at radius 1 is 1.00 bits per heavy atom. The average Bonchev–Trinajstić information content (AvgIpc) is 3.08. The maximum atomic E-state index is 13.1. The molecule has 168 valence electrons. The number of hydrogen-bond donors (Lipinski definition) is 1. The molecule has 1 aromatic heterocycles. The van der Waals surface area contributed by atoms with Gasteiger partial charge in [0.2, 0.25) is 15.9 Å². The largest absolute Gasteiger partial charge is 0.379 e. The Hall–Kier alpha value is -3.01. The van der Waals surface area contributed by atoms with Crippen molar-refractivity contribution in [2.75, 3.05) is 31.6 Å². The number of sulfonamides is 1. The van der Waals surface area contributed by atoms with Crippen molar-refractivity contribution in [2.45, 2.75) is 25.3 Å². The maximum Gasteiger partial charge on any atom is 0.246 e. The van der Waals surface area contributed by atoms with Crippen LogP contribution in [0.15, 0.2) is 59.5 Å². The number of amides is 1. The smallest absolute Gasteiger partial charge is 0.246 e. The molecule has 1 aliphatic heterocycles. The lowest BCUT2D eigenvalue weighted by molar-refractivity contribution is -0.116. The molecule has 4 rings (SSSR count). The fourth-order valence-electron chi connectivity index (χ4n) is 3.84. The normalized spacial score (nSPS) is 14.9. The standard InChI is InChI=1S/C23H26N4O4S/c1-17-23(32(29,30)26-12-14-31-15-13-26)18(2)27(25-17)16-22(28)24-21-10-8-20(9-11-21)19-6-4-3-5-7-19/h3-11H,12-16H2,1-2H3,(H,24,28). The van der Waals surface area contributed by atoms with Gasteiger partial charge in [-0.2, -0.15) is 9.40 Å². The Morgan fingerprint density at radius 3 is 2.28 bits per heavy atom. The number of aryl methyl sites for hydroxylation is 1. The summed E-state index contributed by atoms with van der Waals surface area (Å²) in [5.74, 6) is -0.279. The van der Waals surface area contributed by atoms with E-state index in [9.17, 15) is 13.2 Å². The van der Waals surface area contributed by atoms with Crippen molar-refractivity contribution in [1.82, 2.24) is 14.1 Å². The summed E-state index contributed by atoms with van der Waals surface area (Å²) in [6.45, 7) is 4.61. The third-order valence-electron chi connectivity index (χ3n) is 5.45. The molecule has 2 aromatic carbocycles. The van der Waals surface area contributed by atoms with Gasteiger partial charge in [0.1, 0.15) is 11.4 Å². The predicted octanol–water partition coefficient (Wildman–Crippen LogP) is 2.83. The molecule has 32 heavy (non-hydrogen) atoms. The van der Waals surface area contributed by atoms with Crippen LogP contribution in [0.2, 0.25) is 0 Å². The van der Waals surface area contributed by atoms with Crippen molar-refractivity contribution in [1.29, 1.82) is 0 Å². The molecule has 1 fully saturated rings. The van der Waals surface area contributed by atoms with E-state index in [-0.39, 0.29) is 17.3 Å². The molecule has 0 unspecified atom stereocenters. The van der Waals surface area contributed by atoms with E-state index in [0.717, 1.165) is 11.1 Å². The number of carbonyl (C=O) groups excluding carboxylic acids is 1. The molecule has 0 radical (unpaired) electrons. The summed E-state index contributed by atoms with van der Waals surface area (Å²) < 4.78 is 34.3. The van der Waals surface area contributed by atoms with Crippen molar-refractivity contribution < 1.29 is 17.9 Å². The fourth-order valence-corrected chi connectivity index (χ4v) is 5.62. The molecular weight excluding hydrogens is 428 g/mol. The third-order valence-corrected chi connectivity index (χ3v) is 7.60. The van der Waals surface area contributed by atoms with Crippen LogP contribution in [0.4, 0.5) is 5.69 Å². The molecule has 1 amide bonds. The monoisotopic (exact) mass is 454 g/mol. The summed E-state index contributed by atoms with van der Waals surface area (Å²) in [6, 6.07) is 17.6. The van der Waals surface area contributed by atoms with Gasteiger partial charge in [-0.25, -0.2) is 8.42 Å². The number of carbonyl (C=O) groups is 1. The molecule has 1 N–H and O–H groups in total. The first-order chi connectivity index (χ1) is 15.4. The van der Waals surface area contributed by atoms with E-state index in [1.54, 1.807) is 13.8 Å². The molecule has 3 aromatic rings. The van der Waals surface area contributed by atoms with Crippen molar-refractivity contribution in [3.63, 3.8) is 0 Å². The molecule has 0 spiro atoms.